The fraction of sp³-hybridized carbons (Fsp3) is 0.133. The van der Waals surface area contributed by atoms with Crippen LogP contribution in [0.5, 0.6) is 0 Å². The molecule has 2 N–H and O–H groups in total. The second kappa shape index (κ2) is 8.12. The Balaban J connectivity index is 2.17. The van der Waals surface area contributed by atoms with Gasteiger partial charge < -0.3 is 5.32 Å². The van der Waals surface area contributed by atoms with Crippen molar-refractivity contribution in [1.82, 2.24) is 4.72 Å². The molecule has 0 bridgehead atoms. The number of carbonyl (C=O) groups excluding carboxylic acids is 1. The van der Waals surface area contributed by atoms with Crippen LogP contribution in [0.15, 0.2) is 41.3 Å². The zero-order valence-corrected chi connectivity index (χ0v) is 16.5. The fourth-order valence-electron chi connectivity index (χ4n) is 1.87. The Morgan fingerprint density at radius 2 is 1.72 bits per heavy atom. The van der Waals surface area contributed by atoms with Crippen molar-refractivity contribution >= 4 is 68.0 Å². The molecule has 2 rings (SSSR count). The maximum Gasteiger partial charge on any atom is 0.242 e. The van der Waals surface area contributed by atoms with E-state index in [-0.39, 0.29) is 30.7 Å². The minimum Gasteiger partial charge on any atom is -0.323 e. The Kier molecular flexibility index (Phi) is 6.59. The quantitative estimate of drug-likeness (QED) is 0.711. The van der Waals surface area contributed by atoms with Crippen molar-refractivity contribution in [2.45, 2.75) is 17.9 Å². The molecular formula is C15H12Cl4N2O3S. The fourth-order valence-corrected chi connectivity index (χ4v) is 4.19. The van der Waals surface area contributed by atoms with Gasteiger partial charge in [-0.2, -0.15) is 4.72 Å². The first-order valence-electron chi connectivity index (χ1n) is 6.84. The highest BCUT2D eigenvalue weighted by Crippen LogP contribution is 2.29. The van der Waals surface area contributed by atoms with Gasteiger partial charge >= 0.3 is 0 Å². The smallest absolute Gasteiger partial charge is 0.242 e. The molecule has 0 heterocycles. The van der Waals surface area contributed by atoms with Crippen molar-refractivity contribution in [2.24, 2.45) is 0 Å². The minimum atomic E-state index is -4.05. The summed E-state index contributed by atoms with van der Waals surface area (Å²) in [6.45, 7) is 1.38. The maximum atomic E-state index is 12.4. The van der Waals surface area contributed by atoms with Gasteiger partial charge in [-0.3, -0.25) is 4.79 Å². The Morgan fingerprint density at radius 1 is 1.04 bits per heavy atom. The molecule has 5 nitrogen and oxygen atoms in total. The highest BCUT2D eigenvalue weighted by molar-refractivity contribution is 7.89. The molecule has 2 aromatic rings. The minimum absolute atomic E-state index is 0.0117. The molecule has 0 spiro atoms. The second-order valence-electron chi connectivity index (χ2n) is 5.01. The number of amides is 1. The predicted molar refractivity (Wildman–Crippen MR) is 101 cm³/mol. The predicted octanol–water partition coefficient (Wildman–Crippen LogP) is 4.61. The van der Waals surface area contributed by atoms with Gasteiger partial charge in [0.25, 0.3) is 0 Å². The molecule has 134 valence electrons. The van der Waals surface area contributed by atoms with E-state index < -0.39 is 22.0 Å². The Morgan fingerprint density at radius 3 is 2.40 bits per heavy atom. The summed E-state index contributed by atoms with van der Waals surface area (Å²) in [5, 5.41) is 3.12. The van der Waals surface area contributed by atoms with Gasteiger partial charge in [0.2, 0.25) is 15.9 Å². The molecule has 0 saturated heterocycles. The standard InChI is InChI=1S/C15H12Cl4N2O3S/c1-8(15(22)20-12-4-2-3-11(18)14(12)19)21-25(23,24)13-7-9(16)5-6-10(13)17/h2-8,21H,1H3,(H,20,22)/t8-/m1/s1. The molecule has 0 saturated carbocycles. The van der Waals surface area contributed by atoms with Gasteiger partial charge in [-0.25, -0.2) is 8.42 Å². The summed E-state index contributed by atoms with van der Waals surface area (Å²) in [4.78, 5) is 12.0. The number of anilines is 1. The first-order chi connectivity index (χ1) is 11.6. The van der Waals surface area contributed by atoms with Crippen LogP contribution >= 0.6 is 46.4 Å². The zero-order valence-electron chi connectivity index (χ0n) is 12.7. The molecule has 1 atom stereocenters. The van der Waals surface area contributed by atoms with Crippen molar-refractivity contribution in [1.29, 1.82) is 0 Å². The topological polar surface area (TPSA) is 75.3 Å². The molecule has 0 fully saturated rings. The molecule has 0 unspecified atom stereocenters. The molecule has 0 aromatic heterocycles. The van der Waals surface area contributed by atoms with Gasteiger partial charge in [-0.1, -0.05) is 52.5 Å². The summed E-state index contributed by atoms with van der Waals surface area (Å²) < 4.78 is 27.1. The van der Waals surface area contributed by atoms with E-state index in [4.69, 9.17) is 46.4 Å². The molecule has 10 heteroatoms. The summed E-state index contributed by atoms with van der Waals surface area (Å²) in [5.41, 5.74) is 0.269. The van der Waals surface area contributed by atoms with Crippen LogP contribution in [0, 0.1) is 0 Å². The number of carbonyl (C=O) groups is 1. The third kappa shape index (κ3) is 5.00. The van der Waals surface area contributed by atoms with E-state index in [0.717, 1.165) is 0 Å². The molecule has 0 radical (unpaired) electrons. The van der Waals surface area contributed by atoms with E-state index in [9.17, 15) is 13.2 Å². The first-order valence-corrected chi connectivity index (χ1v) is 9.83. The molecule has 2 aromatic carbocycles. The van der Waals surface area contributed by atoms with E-state index in [1.165, 1.54) is 25.1 Å². The van der Waals surface area contributed by atoms with Crippen molar-refractivity contribution in [3.63, 3.8) is 0 Å². The van der Waals surface area contributed by atoms with Crippen LogP contribution in [0.2, 0.25) is 20.1 Å². The van der Waals surface area contributed by atoms with Crippen molar-refractivity contribution in [2.75, 3.05) is 5.32 Å². The first kappa shape index (κ1) is 20.3. The van der Waals surface area contributed by atoms with Gasteiger partial charge in [0.05, 0.1) is 26.8 Å². The van der Waals surface area contributed by atoms with Crippen LogP contribution in [0.25, 0.3) is 0 Å². The second-order valence-corrected chi connectivity index (χ2v) is 8.32. The highest BCUT2D eigenvalue weighted by Gasteiger charge is 2.25. The normalized spacial score (nSPS) is 12.7. The molecule has 25 heavy (non-hydrogen) atoms. The van der Waals surface area contributed by atoms with Gasteiger partial charge in [0, 0.05) is 5.02 Å². The Bertz CT molecular complexity index is 919. The summed E-state index contributed by atoms with van der Waals surface area (Å²) in [6, 6.07) is 7.62. The van der Waals surface area contributed by atoms with Crippen LogP contribution in [0.3, 0.4) is 0 Å². The molecule has 1 amide bonds. The lowest BCUT2D eigenvalue weighted by atomic mass is 10.3. The Hall–Kier alpha value is -1.02. The lowest BCUT2D eigenvalue weighted by molar-refractivity contribution is -0.117. The largest absolute Gasteiger partial charge is 0.323 e. The van der Waals surface area contributed by atoms with Crippen LogP contribution in [0.1, 0.15) is 6.92 Å². The van der Waals surface area contributed by atoms with Crippen molar-refractivity contribution < 1.29 is 13.2 Å². The van der Waals surface area contributed by atoms with Crippen LogP contribution in [-0.2, 0) is 14.8 Å². The third-order valence-corrected chi connectivity index (χ3v) is 6.19. The molecular weight excluding hydrogens is 430 g/mol. The number of hydrogen-bond donors (Lipinski definition) is 2. The van der Waals surface area contributed by atoms with Gasteiger partial charge in [0.15, 0.2) is 0 Å². The zero-order chi connectivity index (χ0) is 18.8. The van der Waals surface area contributed by atoms with Crippen molar-refractivity contribution in [3.05, 3.63) is 56.5 Å². The average molecular weight is 442 g/mol. The van der Waals surface area contributed by atoms with E-state index in [1.807, 2.05) is 0 Å². The Labute approximate surface area is 165 Å². The van der Waals surface area contributed by atoms with Crippen molar-refractivity contribution in [3.8, 4) is 0 Å². The van der Waals surface area contributed by atoms with Crippen LogP contribution in [0.4, 0.5) is 5.69 Å². The summed E-state index contributed by atoms with van der Waals surface area (Å²) >= 11 is 23.6. The number of halogens is 4. The number of hydrogen-bond acceptors (Lipinski definition) is 3. The van der Waals surface area contributed by atoms with Gasteiger partial charge in [-0.05, 0) is 37.3 Å². The summed E-state index contributed by atoms with van der Waals surface area (Å²) in [7, 11) is -4.05. The number of rotatable bonds is 5. The van der Waals surface area contributed by atoms with Crippen LogP contribution < -0.4 is 10.0 Å². The lowest BCUT2D eigenvalue weighted by Crippen LogP contribution is -2.41. The van der Waals surface area contributed by atoms with Gasteiger partial charge in [0.1, 0.15) is 4.90 Å². The number of benzene rings is 2. The lowest BCUT2D eigenvalue weighted by Gasteiger charge is -2.16. The number of sulfonamides is 1. The summed E-state index contributed by atoms with van der Waals surface area (Å²) in [6.07, 6.45) is 0. The highest BCUT2D eigenvalue weighted by atomic mass is 35.5. The SMILES string of the molecule is C[C@@H](NS(=O)(=O)c1cc(Cl)ccc1Cl)C(=O)Nc1cccc(Cl)c1Cl. The average Bonchev–Trinajstić information content (AvgIpc) is 2.53. The monoisotopic (exact) mass is 440 g/mol. The number of nitrogens with one attached hydrogen (secondary N) is 2. The maximum absolute atomic E-state index is 12.4. The molecule has 0 aliphatic rings. The van der Waals surface area contributed by atoms with E-state index in [2.05, 4.69) is 10.0 Å². The molecule has 0 aliphatic heterocycles. The van der Waals surface area contributed by atoms with E-state index in [1.54, 1.807) is 18.2 Å². The van der Waals surface area contributed by atoms with Gasteiger partial charge in [-0.15, -0.1) is 0 Å². The van der Waals surface area contributed by atoms with Crippen LogP contribution in [-0.4, -0.2) is 20.4 Å². The van der Waals surface area contributed by atoms with E-state index in [0.29, 0.717) is 0 Å². The molecule has 0 aliphatic carbocycles. The summed E-state index contributed by atoms with van der Waals surface area (Å²) in [5.74, 6) is -0.620. The van der Waals surface area contributed by atoms with E-state index >= 15 is 0 Å². The third-order valence-electron chi connectivity index (χ3n) is 3.12.